The van der Waals surface area contributed by atoms with Crippen LogP contribution < -0.4 is 10.1 Å². The van der Waals surface area contributed by atoms with Crippen molar-refractivity contribution >= 4 is 52.2 Å². The zero-order valence-electron chi connectivity index (χ0n) is 19.7. The summed E-state index contributed by atoms with van der Waals surface area (Å²) in [5, 5.41) is 3.77. The average molecular weight is 510 g/mol. The number of nitrogens with one attached hydrogen (secondary N) is 1. The number of ether oxygens (including phenoxy) is 2. The Balaban J connectivity index is 1.60. The van der Waals surface area contributed by atoms with Gasteiger partial charge in [-0.2, -0.15) is 0 Å². The largest absolute Gasteiger partial charge is 0.494 e. The van der Waals surface area contributed by atoms with Crippen LogP contribution in [0.5, 0.6) is 5.75 Å². The van der Waals surface area contributed by atoms with Crippen LogP contribution >= 0.6 is 23.4 Å². The molecule has 1 amide bonds. The number of esters is 1. The Hall–Kier alpha value is -3.49. The van der Waals surface area contributed by atoms with Crippen LogP contribution in [0.15, 0.2) is 58.4 Å². The summed E-state index contributed by atoms with van der Waals surface area (Å²) in [7, 11) is 1.55. The van der Waals surface area contributed by atoms with Crippen molar-refractivity contribution in [1.82, 2.24) is 9.88 Å². The van der Waals surface area contributed by atoms with E-state index in [2.05, 4.69) is 14.9 Å². The predicted molar refractivity (Wildman–Crippen MR) is 140 cm³/mol. The quantitative estimate of drug-likeness (QED) is 0.334. The van der Waals surface area contributed by atoms with E-state index in [-0.39, 0.29) is 11.9 Å². The van der Waals surface area contributed by atoms with Gasteiger partial charge >= 0.3 is 5.97 Å². The maximum Gasteiger partial charge on any atom is 0.338 e. The lowest BCUT2D eigenvalue weighted by atomic mass is 10.2. The Morgan fingerprint density at radius 1 is 1.17 bits per heavy atom. The van der Waals surface area contributed by atoms with Gasteiger partial charge in [-0.25, -0.2) is 9.79 Å². The molecule has 180 valence electrons. The number of aliphatic imine (C=N–C) groups is 1. The number of halogens is 1. The van der Waals surface area contributed by atoms with Crippen LogP contribution in [0, 0.1) is 13.8 Å². The van der Waals surface area contributed by atoms with Crippen LogP contribution in [0.1, 0.15) is 34.2 Å². The molecule has 9 heteroatoms. The minimum absolute atomic E-state index is 0.224. The molecule has 0 bridgehead atoms. The lowest BCUT2D eigenvalue weighted by molar-refractivity contribution is -0.115. The fourth-order valence-corrected chi connectivity index (χ4v) is 4.77. The number of nitrogens with zero attached hydrogens (tertiary/aromatic N) is 2. The van der Waals surface area contributed by atoms with Crippen LogP contribution in [0.2, 0.25) is 5.02 Å². The van der Waals surface area contributed by atoms with Crippen molar-refractivity contribution in [3.8, 4) is 11.4 Å². The average Bonchev–Trinajstić information content (AvgIpc) is 3.31. The SMILES string of the molecule is CCOC(=O)c1ccc(-n2c(C)cc(/C=C3\SC(=Nc4cc(Cl)ccc4OC)NC3=O)c2C)cc1. The number of benzene rings is 2. The second-order valence-corrected chi connectivity index (χ2v) is 9.19. The number of rotatable bonds is 6. The molecule has 4 rings (SSSR count). The Morgan fingerprint density at radius 2 is 1.91 bits per heavy atom. The Bertz CT molecular complexity index is 1360. The lowest BCUT2D eigenvalue weighted by Crippen LogP contribution is -2.19. The van der Waals surface area contributed by atoms with Gasteiger partial charge in [0, 0.05) is 22.1 Å². The third kappa shape index (κ3) is 5.28. The van der Waals surface area contributed by atoms with Gasteiger partial charge in [-0.05, 0) is 92.7 Å². The van der Waals surface area contributed by atoms with Crippen molar-refractivity contribution < 1.29 is 19.1 Å². The molecule has 35 heavy (non-hydrogen) atoms. The molecule has 0 radical (unpaired) electrons. The Labute approximate surface area is 212 Å². The van der Waals surface area contributed by atoms with Crippen LogP contribution in [0.3, 0.4) is 0 Å². The summed E-state index contributed by atoms with van der Waals surface area (Å²) in [6.07, 6.45) is 1.85. The summed E-state index contributed by atoms with van der Waals surface area (Å²) in [6.45, 7) is 6.09. The minimum atomic E-state index is -0.345. The third-order valence-corrected chi connectivity index (χ3v) is 6.55. The van der Waals surface area contributed by atoms with Gasteiger partial charge in [-0.15, -0.1) is 0 Å². The molecule has 2 heterocycles. The molecule has 0 unspecified atom stereocenters. The van der Waals surface area contributed by atoms with E-state index in [1.165, 1.54) is 11.8 Å². The first-order chi connectivity index (χ1) is 16.8. The van der Waals surface area contributed by atoms with E-state index in [0.717, 1.165) is 22.6 Å². The van der Waals surface area contributed by atoms with Crippen molar-refractivity contribution in [2.45, 2.75) is 20.8 Å². The summed E-state index contributed by atoms with van der Waals surface area (Å²) in [4.78, 5) is 29.6. The minimum Gasteiger partial charge on any atom is -0.494 e. The van der Waals surface area contributed by atoms with E-state index >= 15 is 0 Å². The predicted octanol–water partition coefficient (Wildman–Crippen LogP) is 5.82. The molecule has 0 spiro atoms. The Kier molecular flexibility index (Phi) is 7.33. The second-order valence-electron chi connectivity index (χ2n) is 7.73. The molecule has 0 atom stereocenters. The lowest BCUT2D eigenvalue weighted by Gasteiger charge is -2.10. The normalized spacial score (nSPS) is 15.5. The number of amidine groups is 1. The number of hydrogen-bond acceptors (Lipinski definition) is 6. The molecule has 7 nitrogen and oxygen atoms in total. The van der Waals surface area contributed by atoms with Crippen LogP contribution in [-0.4, -0.2) is 35.3 Å². The summed E-state index contributed by atoms with van der Waals surface area (Å²) < 4.78 is 12.5. The van der Waals surface area contributed by atoms with E-state index in [1.54, 1.807) is 44.4 Å². The van der Waals surface area contributed by atoms with Gasteiger partial charge in [-0.3, -0.25) is 4.79 Å². The topological polar surface area (TPSA) is 81.9 Å². The van der Waals surface area contributed by atoms with Gasteiger partial charge in [0.1, 0.15) is 11.4 Å². The number of aromatic nitrogens is 1. The fraction of sp³-hybridized carbons (Fsp3) is 0.192. The monoisotopic (exact) mass is 509 g/mol. The molecule has 1 N–H and O–H groups in total. The van der Waals surface area contributed by atoms with Crippen molar-refractivity contribution in [1.29, 1.82) is 0 Å². The van der Waals surface area contributed by atoms with Crippen molar-refractivity contribution in [3.63, 3.8) is 0 Å². The molecule has 0 aliphatic carbocycles. The van der Waals surface area contributed by atoms with Gasteiger partial charge in [0.05, 0.1) is 24.2 Å². The van der Waals surface area contributed by atoms with E-state index < -0.39 is 0 Å². The van der Waals surface area contributed by atoms with E-state index in [4.69, 9.17) is 21.1 Å². The van der Waals surface area contributed by atoms with E-state index in [9.17, 15) is 9.59 Å². The van der Waals surface area contributed by atoms with Crippen LogP contribution in [0.4, 0.5) is 5.69 Å². The highest BCUT2D eigenvalue weighted by Crippen LogP contribution is 2.34. The number of amides is 1. The smallest absolute Gasteiger partial charge is 0.338 e. The number of carbonyl (C=O) groups is 2. The van der Waals surface area contributed by atoms with Crippen molar-refractivity contribution in [3.05, 3.63) is 81.0 Å². The van der Waals surface area contributed by atoms with Gasteiger partial charge in [0.25, 0.3) is 5.91 Å². The van der Waals surface area contributed by atoms with Gasteiger partial charge < -0.3 is 19.4 Å². The standard InChI is InChI=1S/C26H24ClN3O4S/c1-5-34-25(32)17-6-9-20(10-7-17)30-15(2)12-18(16(30)3)13-23-24(31)29-26(35-23)28-21-14-19(27)8-11-22(21)33-4/h6-14H,5H2,1-4H3,(H,28,29,31)/b23-13-. The maximum atomic E-state index is 12.6. The van der Waals surface area contributed by atoms with Crippen LogP contribution in [0.25, 0.3) is 11.8 Å². The highest BCUT2D eigenvalue weighted by molar-refractivity contribution is 8.18. The zero-order chi connectivity index (χ0) is 25.1. The van der Waals surface area contributed by atoms with Crippen molar-refractivity contribution in [2.24, 2.45) is 4.99 Å². The molecule has 0 saturated carbocycles. The number of methoxy groups -OCH3 is 1. The van der Waals surface area contributed by atoms with E-state index in [1.807, 2.05) is 38.1 Å². The first-order valence-corrected chi connectivity index (χ1v) is 12.1. The summed E-state index contributed by atoms with van der Waals surface area (Å²) in [5.74, 6) is -0.00686. The van der Waals surface area contributed by atoms with Gasteiger partial charge in [0.2, 0.25) is 0 Å². The van der Waals surface area contributed by atoms with Crippen LogP contribution in [-0.2, 0) is 9.53 Å². The number of hydrogen-bond donors (Lipinski definition) is 1. The molecule has 1 aliphatic rings. The molecule has 1 saturated heterocycles. The third-order valence-electron chi connectivity index (χ3n) is 5.41. The highest BCUT2D eigenvalue weighted by Gasteiger charge is 2.25. The fourth-order valence-electron chi connectivity index (χ4n) is 3.77. The number of thioether (sulfide) groups is 1. The first-order valence-electron chi connectivity index (χ1n) is 10.9. The first kappa shape index (κ1) is 24.6. The molecule has 1 aliphatic heterocycles. The molecular formula is C26H24ClN3O4S. The number of aryl methyl sites for hydroxylation is 1. The molecule has 2 aromatic carbocycles. The number of carbonyl (C=O) groups excluding carboxylic acids is 2. The molecule has 1 aromatic heterocycles. The highest BCUT2D eigenvalue weighted by atomic mass is 35.5. The molecule has 3 aromatic rings. The van der Waals surface area contributed by atoms with Gasteiger partial charge in [0.15, 0.2) is 5.17 Å². The molecular weight excluding hydrogens is 486 g/mol. The zero-order valence-corrected chi connectivity index (χ0v) is 21.3. The maximum absolute atomic E-state index is 12.6. The summed E-state index contributed by atoms with van der Waals surface area (Å²) in [6, 6.07) is 14.4. The second kappa shape index (κ2) is 10.4. The Morgan fingerprint density at radius 3 is 2.60 bits per heavy atom. The molecule has 1 fully saturated rings. The summed E-state index contributed by atoms with van der Waals surface area (Å²) >= 11 is 7.35. The van der Waals surface area contributed by atoms with Crippen molar-refractivity contribution in [2.75, 3.05) is 13.7 Å². The van der Waals surface area contributed by atoms with E-state index in [0.29, 0.717) is 38.7 Å². The summed E-state index contributed by atoms with van der Waals surface area (Å²) in [5.41, 5.74) is 4.83. The van der Waals surface area contributed by atoms with Gasteiger partial charge in [-0.1, -0.05) is 11.6 Å².